The third-order valence-corrected chi connectivity index (χ3v) is 2.85. The Labute approximate surface area is 72.9 Å². The normalized spacial score (nSPS) is 36.5. The molecule has 2 unspecified atom stereocenters. The van der Waals surface area contributed by atoms with Crippen LogP contribution in [0.3, 0.4) is 0 Å². The number of fused-ring (bicyclic) bond motifs is 3. The summed E-state index contributed by atoms with van der Waals surface area (Å²) < 4.78 is 0. The number of hydrogen-bond donors (Lipinski definition) is 2. The minimum Gasteiger partial charge on any atom is -0.352 e. The smallest absolute Gasteiger partial charge is 0.224 e. The van der Waals surface area contributed by atoms with Crippen LogP contribution >= 0.6 is 0 Å². The quantitative estimate of drug-likeness (QED) is 0.545. The Bertz CT molecular complexity index is 177. The summed E-state index contributed by atoms with van der Waals surface area (Å²) in [5, 5.41) is 6.42. The van der Waals surface area contributed by atoms with E-state index in [9.17, 15) is 4.79 Å². The Morgan fingerprint density at radius 1 is 1.17 bits per heavy atom. The maximum atomic E-state index is 11.5. The van der Waals surface area contributed by atoms with Crippen LogP contribution < -0.4 is 10.6 Å². The molecule has 2 rings (SSSR count). The molecule has 0 aromatic rings. The molecule has 12 heavy (non-hydrogen) atoms. The van der Waals surface area contributed by atoms with Gasteiger partial charge in [-0.1, -0.05) is 12.8 Å². The molecule has 2 atom stereocenters. The van der Waals surface area contributed by atoms with Crippen molar-refractivity contribution in [1.82, 2.24) is 10.6 Å². The van der Waals surface area contributed by atoms with E-state index in [4.69, 9.17) is 0 Å². The molecule has 2 aliphatic heterocycles. The van der Waals surface area contributed by atoms with Gasteiger partial charge in [-0.3, -0.25) is 4.79 Å². The summed E-state index contributed by atoms with van der Waals surface area (Å²) in [6, 6.07) is 0.391. The van der Waals surface area contributed by atoms with Gasteiger partial charge in [0, 0.05) is 19.1 Å². The lowest BCUT2D eigenvalue weighted by molar-refractivity contribution is -0.125. The Hall–Kier alpha value is -0.570. The molecule has 1 amide bonds. The molecule has 2 heterocycles. The van der Waals surface area contributed by atoms with Crippen LogP contribution in [-0.4, -0.2) is 25.0 Å². The second kappa shape index (κ2) is 3.44. The molecule has 2 bridgehead atoms. The summed E-state index contributed by atoms with van der Waals surface area (Å²) in [7, 11) is 0. The van der Waals surface area contributed by atoms with Gasteiger partial charge in [-0.2, -0.15) is 0 Å². The van der Waals surface area contributed by atoms with Crippen molar-refractivity contribution in [3.05, 3.63) is 0 Å². The zero-order chi connectivity index (χ0) is 8.39. The molecule has 0 saturated carbocycles. The highest BCUT2D eigenvalue weighted by Crippen LogP contribution is 2.17. The molecule has 3 heteroatoms. The molecule has 0 aromatic carbocycles. The van der Waals surface area contributed by atoms with Gasteiger partial charge in [0.15, 0.2) is 0 Å². The highest BCUT2D eigenvalue weighted by molar-refractivity contribution is 5.79. The lowest BCUT2D eigenvalue weighted by Crippen LogP contribution is -2.40. The fourth-order valence-corrected chi connectivity index (χ4v) is 2.08. The van der Waals surface area contributed by atoms with E-state index in [0.29, 0.717) is 6.04 Å². The lowest BCUT2D eigenvalue weighted by Gasteiger charge is -2.20. The summed E-state index contributed by atoms with van der Waals surface area (Å²) in [4.78, 5) is 11.5. The van der Waals surface area contributed by atoms with Gasteiger partial charge in [0.05, 0.1) is 5.92 Å². The zero-order valence-corrected chi connectivity index (χ0v) is 7.31. The van der Waals surface area contributed by atoms with Crippen LogP contribution in [0.15, 0.2) is 0 Å². The topological polar surface area (TPSA) is 41.1 Å². The summed E-state index contributed by atoms with van der Waals surface area (Å²) in [5.41, 5.74) is 0. The van der Waals surface area contributed by atoms with Gasteiger partial charge in [0.2, 0.25) is 5.91 Å². The van der Waals surface area contributed by atoms with Crippen LogP contribution in [0.4, 0.5) is 0 Å². The molecule has 2 saturated heterocycles. The second-order valence-corrected chi connectivity index (χ2v) is 3.85. The van der Waals surface area contributed by atoms with Gasteiger partial charge in [0.25, 0.3) is 0 Å². The van der Waals surface area contributed by atoms with Crippen molar-refractivity contribution in [3.8, 4) is 0 Å². The second-order valence-electron chi connectivity index (χ2n) is 3.85. The molecule has 0 spiro atoms. The third-order valence-electron chi connectivity index (χ3n) is 2.85. The van der Waals surface area contributed by atoms with Crippen molar-refractivity contribution in [2.75, 3.05) is 13.1 Å². The summed E-state index contributed by atoms with van der Waals surface area (Å²) >= 11 is 0. The van der Waals surface area contributed by atoms with E-state index in [0.717, 1.165) is 25.9 Å². The van der Waals surface area contributed by atoms with Gasteiger partial charge in [-0.15, -0.1) is 0 Å². The lowest BCUT2D eigenvalue weighted by atomic mass is 9.97. The van der Waals surface area contributed by atoms with Gasteiger partial charge >= 0.3 is 0 Å². The first-order valence-electron chi connectivity index (χ1n) is 4.87. The van der Waals surface area contributed by atoms with Crippen molar-refractivity contribution in [2.45, 2.75) is 31.7 Å². The molecular formula is C9H16N2O. The van der Waals surface area contributed by atoms with E-state index in [2.05, 4.69) is 10.6 Å². The van der Waals surface area contributed by atoms with E-state index in [-0.39, 0.29) is 11.8 Å². The molecule has 2 aliphatic rings. The number of rotatable bonds is 0. The molecule has 2 fully saturated rings. The standard InChI is InChI=1S/C9H16N2O/c12-9-7-3-1-2-4-8(11-9)6-10-5-7/h7-8,10H,1-6H2,(H,11,12). The SMILES string of the molecule is O=C1NC2CCCCC1CNC2. The Balaban J connectivity index is 2.09. The minimum absolute atomic E-state index is 0.232. The summed E-state index contributed by atoms with van der Waals surface area (Å²) in [6.45, 7) is 1.84. The maximum Gasteiger partial charge on any atom is 0.224 e. The molecule has 68 valence electrons. The highest BCUT2D eigenvalue weighted by Gasteiger charge is 2.26. The third kappa shape index (κ3) is 1.61. The molecule has 3 nitrogen and oxygen atoms in total. The van der Waals surface area contributed by atoms with Crippen LogP contribution in [0.25, 0.3) is 0 Å². The molecule has 0 aromatic heterocycles. The van der Waals surface area contributed by atoms with Gasteiger partial charge in [-0.25, -0.2) is 0 Å². The Morgan fingerprint density at radius 3 is 2.92 bits per heavy atom. The Kier molecular flexibility index (Phi) is 2.30. The fraction of sp³-hybridized carbons (Fsp3) is 0.889. The van der Waals surface area contributed by atoms with Crippen LogP contribution in [0.1, 0.15) is 25.7 Å². The molecular weight excluding hydrogens is 152 g/mol. The number of carbonyl (C=O) groups is 1. The average molecular weight is 168 g/mol. The monoisotopic (exact) mass is 168 g/mol. The predicted octanol–water partition coefficient (Wildman–Crippen LogP) is 0.265. The summed E-state index contributed by atoms with van der Waals surface area (Å²) in [5.74, 6) is 0.500. The number of amides is 1. The van der Waals surface area contributed by atoms with Crippen molar-refractivity contribution in [1.29, 1.82) is 0 Å². The molecule has 0 radical (unpaired) electrons. The fourth-order valence-electron chi connectivity index (χ4n) is 2.08. The van der Waals surface area contributed by atoms with Crippen LogP contribution in [0.5, 0.6) is 0 Å². The predicted molar refractivity (Wildman–Crippen MR) is 46.8 cm³/mol. The van der Waals surface area contributed by atoms with E-state index in [1.807, 2.05) is 0 Å². The average Bonchev–Trinajstić information content (AvgIpc) is 2.18. The number of hydrogen-bond acceptors (Lipinski definition) is 2. The van der Waals surface area contributed by atoms with Crippen molar-refractivity contribution in [3.63, 3.8) is 0 Å². The Morgan fingerprint density at radius 2 is 2.00 bits per heavy atom. The van der Waals surface area contributed by atoms with Crippen molar-refractivity contribution < 1.29 is 4.79 Å². The van der Waals surface area contributed by atoms with Crippen LogP contribution in [-0.2, 0) is 4.79 Å². The molecule has 2 N–H and O–H groups in total. The largest absolute Gasteiger partial charge is 0.352 e. The van der Waals surface area contributed by atoms with Gasteiger partial charge in [0.1, 0.15) is 0 Å². The maximum absolute atomic E-state index is 11.5. The van der Waals surface area contributed by atoms with Gasteiger partial charge < -0.3 is 10.6 Å². The van der Waals surface area contributed by atoms with Crippen LogP contribution in [0, 0.1) is 5.92 Å². The first-order valence-corrected chi connectivity index (χ1v) is 4.87. The van der Waals surface area contributed by atoms with Gasteiger partial charge in [-0.05, 0) is 12.8 Å². The molecule has 0 aliphatic carbocycles. The van der Waals surface area contributed by atoms with Crippen molar-refractivity contribution >= 4 is 5.91 Å². The van der Waals surface area contributed by atoms with E-state index in [1.54, 1.807) is 0 Å². The van der Waals surface area contributed by atoms with Crippen LogP contribution in [0.2, 0.25) is 0 Å². The van der Waals surface area contributed by atoms with E-state index in [1.165, 1.54) is 12.8 Å². The van der Waals surface area contributed by atoms with E-state index < -0.39 is 0 Å². The number of carbonyl (C=O) groups excluding carboxylic acids is 1. The van der Waals surface area contributed by atoms with Crippen molar-refractivity contribution in [2.24, 2.45) is 5.92 Å². The first-order chi connectivity index (χ1) is 5.86. The number of nitrogens with one attached hydrogen (secondary N) is 2. The first kappa shape index (κ1) is 8.05. The van der Waals surface area contributed by atoms with E-state index >= 15 is 0 Å². The zero-order valence-electron chi connectivity index (χ0n) is 7.31. The minimum atomic E-state index is 0.232. The highest BCUT2D eigenvalue weighted by atomic mass is 16.2. The summed E-state index contributed by atoms with van der Waals surface area (Å²) in [6.07, 6.45) is 4.69.